The Bertz CT molecular complexity index is 1040. The molecule has 1 aliphatic heterocycles. The lowest BCUT2D eigenvalue weighted by Crippen LogP contribution is -2.38. The van der Waals surface area contributed by atoms with Crippen molar-refractivity contribution in [1.29, 1.82) is 0 Å². The third kappa shape index (κ3) is 3.80. The van der Waals surface area contributed by atoms with Crippen molar-refractivity contribution in [2.75, 3.05) is 23.3 Å². The smallest absolute Gasteiger partial charge is 0.453 e. The van der Waals surface area contributed by atoms with E-state index in [1.54, 1.807) is 24.3 Å². The number of nitrogens with one attached hydrogen (secondary N) is 1. The lowest BCUT2D eigenvalue weighted by atomic mass is 9.96. The molecule has 0 radical (unpaired) electrons. The number of fused-ring (bicyclic) bond motifs is 1. The number of phenolic OH excluding ortho intramolecular Hbond substituents is 1. The normalized spacial score (nSPS) is 15.6. The van der Waals surface area contributed by atoms with Gasteiger partial charge in [0.15, 0.2) is 5.65 Å². The number of anilines is 2. The van der Waals surface area contributed by atoms with Crippen LogP contribution in [-0.2, 0) is 11.0 Å². The van der Waals surface area contributed by atoms with Crippen molar-refractivity contribution in [2.24, 2.45) is 5.92 Å². The Morgan fingerprint density at radius 3 is 2.52 bits per heavy atom. The Morgan fingerprint density at radius 2 is 1.83 bits per heavy atom. The van der Waals surface area contributed by atoms with Gasteiger partial charge in [-0.05, 0) is 37.1 Å². The van der Waals surface area contributed by atoms with E-state index in [1.807, 2.05) is 4.90 Å². The molecule has 1 aliphatic rings. The molecule has 3 aromatic rings. The minimum absolute atomic E-state index is 0.00908. The minimum atomic E-state index is -4.65. The van der Waals surface area contributed by atoms with Gasteiger partial charge in [0.05, 0.1) is 5.69 Å². The number of phenols is 1. The molecule has 0 aliphatic carbocycles. The Kier molecular flexibility index (Phi) is 4.73. The Hall–Kier alpha value is -3.37. The van der Waals surface area contributed by atoms with Gasteiger partial charge in [-0.1, -0.05) is 12.1 Å². The van der Waals surface area contributed by atoms with Gasteiger partial charge in [-0.25, -0.2) is 0 Å². The van der Waals surface area contributed by atoms with E-state index in [-0.39, 0.29) is 23.2 Å². The number of piperidine rings is 1. The van der Waals surface area contributed by atoms with E-state index in [0.717, 1.165) is 0 Å². The number of aromatic nitrogens is 4. The molecule has 0 atom stereocenters. The monoisotopic (exact) mass is 406 g/mol. The molecule has 1 aromatic carbocycles. The van der Waals surface area contributed by atoms with Crippen LogP contribution in [0.3, 0.4) is 0 Å². The summed E-state index contributed by atoms with van der Waals surface area (Å²) in [6.07, 6.45) is -3.64. The summed E-state index contributed by atoms with van der Waals surface area (Å²) in [7, 11) is 0. The summed E-state index contributed by atoms with van der Waals surface area (Å²) in [5, 5.41) is 23.2. The molecule has 3 heterocycles. The molecule has 8 nitrogen and oxygen atoms in total. The number of para-hydroxylation sites is 2. The lowest BCUT2D eigenvalue weighted by Gasteiger charge is -2.32. The van der Waals surface area contributed by atoms with Crippen LogP contribution in [0.4, 0.5) is 24.7 Å². The molecule has 152 valence electrons. The van der Waals surface area contributed by atoms with Gasteiger partial charge in [-0.2, -0.15) is 17.7 Å². The van der Waals surface area contributed by atoms with E-state index >= 15 is 0 Å². The first kappa shape index (κ1) is 19.0. The first-order chi connectivity index (χ1) is 13.8. The maximum absolute atomic E-state index is 13.0. The number of benzene rings is 1. The minimum Gasteiger partial charge on any atom is -0.506 e. The predicted octanol–water partition coefficient (Wildman–Crippen LogP) is 2.70. The quantitative estimate of drug-likeness (QED) is 0.650. The highest BCUT2D eigenvalue weighted by Crippen LogP contribution is 2.29. The molecule has 1 saturated heterocycles. The molecule has 1 fully saturated rings. The number of aromatic hydroxyl groups is 1. The molecular weight excluding hydrogens is 389 g/mol. The molecule has 4 rings (SSSR count). The average molecular weight is 406 g/mol. The number of hydrogen-bond donors (Lipinski definition) is 2. The Balaban J connectivity index is 1.44. The van der Waals surface area contributed by atoms with Gasteiger partial charge < -0.3 is 15.3 Å². The van der Waals surface area contributed by atoms with E-state index in [0.29, 0.717) is 42.0 Å². The number of nitrogens with zero attached hydrogens (tertiary/aromatic N) is 5. The highest BCUT2D eigenvalue weighted by molar-refractivity contribution is 5.94. The Labute approximate surface area is 163 Å². The molecule has 11 heteroatoms. The predicted molar refractivity (Wildman–Crippen MR) is 97.5 cm³/mol. The van der Waals surface area contributed by atoms with E-state index in [9.17, 15) is 23.1 Å². The van der Waals surface area contributed by atoms with Crippen LogP contribution in [0.15, 0.2) is 36.4 Å². The van der Waals surface area contributed by atoms with Crippen molar-refractivity contribution in [3.63, 3.8) is 0 Å². The highest BCUT2D eigenvalue weighted by Gasteiger charge is 2.38. The molecule has 1 amide bonds. The second kappa shape index (κ2) is 7.22. The summed E-state index contributed by atoms with van der Waals surface area (Å²) in [5.41, 5.74) is 0.359. The van der Waals surface area contributed by atoms with Crippen molar-refractivity contribution in [2.45, 2.75) is 19.0 Å². The van der Waals surface area contributed by atoms with Crippen LogP contribution in [0.1, 0.15) is 18.7 Å². The number of alkyl halides is 3. The zero-order chi connectivity index (χ0) is 20.6. The van der Waals surface area contributed by atoms with Gasteiger partial charge in [0.1, 0.15) is 11.6 Å². The Morgan fingerprint density at radius 1 is 1.10 bits per heavy atom. The van der Waals surface area contributed by atoms with Crippen LogP contribution in [0, 0.1) is 5.92 Å². The summed E-state index contributed by atoms with van der Waals surface area (Å²) < 4.78 is 39.8. The molecule has 0 unspecified atom stereocenters. The average Bonchev–Trinajstić information content (AvgIpc) is 3.13. The summed E-state index contributed by atoms with van der Waals surface area (Å²) in [4.78, 5) is 14.3. The summed E-state index contributed by atoms with van der Waals surface area (Å²) in [6, 6.07) is 9.49. The SMILES string of the molecule is O=C(Nc1ccccc1O)C1CCN(c2ccc3nnc(C(F)(F)F)n3n2)CC1. The highest BCUT2D eigenvalue weighted by atomic mass is 19.4. The van der Waals surface area contributed by atoms with Gasteiger partial charge >= 0.3 is 6.18 Å². The first-order valence-electron chi connectivity index (χ1n) is 8.96. The third-order valence-corrected chi connectivity index (χ3v) is 4.85. The van der Waals surface area contributed by atoms with Gasteiger partial charge in [-0.3, -0.25) is 4.79 Å². The molecule has 2 aromatic heterocycles. The number of amides is 1. The molecule has 29 heavy (non-hydrogen) atoms. The van der Waals surface area contributed by atoms with Crippen molar-refractivity contribution < 1.29 is 23.1 Å². The fourth-order valence-corrected chi connectivity index (χ4v) is 3.31. The van der Waals surface area contributed by atoms with Gasteiger partial charge in [0, 0.05) is 19.0 Å². The van der Waals surface area contributed by atoms with Crippen LogP contribution in [0.5, 0.6) is 5.75 Å². The number of rotatable bonds is 3. The second-order valence-electron chi connectivity index (χ2n) is 6.75. The number of carbonyl (C=O) groups excluding carboxylic acids is 1. The largest absolute Gasteiger partial charge is 0.506 e. The van der Waals surface area contributed by atoms with Crippen molar-refractivity contribution in [3.8, 4) is 5.75 Å². The third-order valence-electron chi connectivity index (χ3n) is 4.85. The molecule has 0 saturated carbocycles. The lowest BCUT2D eigenvalue weighted by molar-refractivity contribution is -0.146. The number of halogens is 3. The van der Waals surface area contributed by atoms with Gasteiger partial charge in [-0.15, -0.1) is 15.3 Å². The van der Waals surface area contributed by atoms with E-state index in [4.69, 9.17) is 0 Å². The zero-order valence-corrected chi connectivity index (χ0v) is 15.1. The maximum Gasteiger partial charge on any atom is 0.453 e. The number of carbonyl (C=O) groups is 1. The van der Waals surface area contributed by atoms with Crippen molar-refractivity contribution in [1.82, 2.24) is 19.8 Å². The van der Waals surface area contributed by atoms with Crippen LogP contribution in [-0.4, -0.2) is 43.9 Å². The van der Waals surface area contributed by atoms with Crippen LogP contribution in [0.2, 0.25) is 0 Å². The van der Waals surface area contributed by atoms with Crippen molar-refractivity contribution >= 4 is 23.1 Å². The molecule has 2 N–H and O–H groups in total. The first-order valence-corrected chi connectivity index (χ1v) is 8.96. The zero-order valence-electron chi connectivity index (χ0n) is 15.1. The second-order valence-corrected chi connectivity index (χ2v) is 6.75. The van der Waals surface area contributed by atoms with Crippen LogP contribution in [0.25, 0.3) is 5.65 Å². The van der Waals surface area contributed by atoms with E-state index in [2.05, 4.69) is 20.6 Å². The van der Waals surface area contributed by atoms with Gasteiger partial charge in [0.2, 0.25) is 5.91 Å². The fourth-order valence-electron chi connectivity index (χ4n) is 3.31. The van der Waals surface area contributed by atoms with Gasteiger partial charge in [0.25, 0.3) is 5.82 Å². The number of hydrogen-bond acceptors (Lipinski definition) is 6. The topological polar surface area (TPSA) is 95.7 Å². The molecular formula is C18H17F3N6O2. The van der Waals surface area contributed by atoms with E-state index in [1.165, 1.54) is 12.1 Å². The molecule has 0 bridgehead atoms. The summed E-state index contributed by atoms with van der Waals surface area (Å²) in [6.45, 7) is 0.918. The van der Waals surface area contributed by atoms with E-state index < -0.39 is 12.0 Å². The van der Waals surface area contributed by atoms with Crippen LogP contribution >= 0.6 is 0 Å². The van der Waals surface area contributed by atoms with Crippen molar-refractivity contribution in [3.05, 3.63) is 42.2 Å². The summed E-state index contributed by atoms with van der Waals surface area (Å²) >= 11 is 0. The summed E-state index contributed by atoms with van der Waals surface area (Å²) in [5.74, 6) is -1.29. The fraction of sp³-hybridized carbons (Fsp3) is 0.333. The standard InChI is InChI=1S/C18H17F3N6O2/c19-18(20,21)17-24-23-14-5-6-15(25-27(14)17)26-9-7-11(8-10-26)16(29)22-12-3-1-2-4-13(12)28/h1-6,11,28H,7-10H2,(H,22,29). The van der Waals surface area contributed by atoms with Crippen LogP contribution < -0.4 is 10.2 Å². The molecule has 0 spiro atoms. The maximum atomic E-state index is 13.0.